The van der Waals surface area contributed by atoms with Gasteiger partial charge >= 0.3 is 0 Å². The van der Waals surface area contributed by atoms with E-state index in [2.05, 4.69) is 46.6 Å². The van der Waals surface area contributed by atoms with E-state index in [1.807, 2.05) is 24.3 Å². The first-order chi connectivity index (χ1) is 11.9. The van der Waals surface area contributed by atoms with E-state index in [0.29, 0.717) is 24.5 Å². The van der Waals surface area contributed by atoms with Gasteiger partial charge in [-0.3, -0.25) is 14.7 Å². The van der Waals surface area contributed by atoms with Crippen LogP contribution in [-0.2, 0) is 11.3 Å². The molecule has 7 heteroatoms. The molecule has 0 spiro atoms. The zero-order valence-corrected chi connectivity index (χ0v) is 18.7. The molecule has 0 aliphatic carbocycles. The molecule has 1 fully saturated rings. The van der Waals surface area contributed by atoms with Crippen molar-refractivity contribution in [3.05, 3.63) is 29.8 Å². The number of benzene rings is 1. The highest BCUT2D eigenvalue weighted by Gasteiger charge is 2.31. The van der Waals surface area contributed by atoms with Gasteiger partial charge in [0, 0.05) is 51.4 Å². The molecule has 1 amide bonds. The van der Waals surface area contributed by atoms with Crippen molar-refractivity contribution in [3.8, 4) is 0 Å². The summed E-state index contributed by atoms with van der Waals surface area (Å²) in [5.41, 5.74) is 1.91. The van der Waals surface area contributed by atoms with Crippen LogP contribution < -0.4 is 16.0 Å². The molecule has 6 nitrogen and oxygen atoms in total. The number of aliphatic imine (C=N–C) groups is 1. The molecule has 1 aliphatic rings. The molecule has 2 unspecified atom stereocenters. The number of amides is 1. The third-order valence-electron chi connectivity index (χ3n) is 4.62. The molecule has 26 heavy (non-hydrogen) atoms. The predicted molar refractivity (Wildman–Crippen MR) is 119 cm³/mol. The van der Waals surface area contributed by atoms with Crippen LogP contribution in [-0.4, -0.2) is 49.0 Å². The Hall–Kier alpha value is -1.35. The number of rotatable bonds is 5. The second-order valence-corrected chi connectivity index (χ2v) is 7.08. The summed E-state index contributed by atoms with van der Waals surface area (Å²) >= 11 is 0. The molecule has 0 aromatic heterocycles. The first kappa shape index (κ1) is 22.7. The van der Waals surface area contributed by atoms with Gasteiger partial charge in [0.15, 0.2) is 5.96 Å². The van der Waals surface area contributed by atoms with Gasteiger partial charge < -0.3 is 16.0 Å². The summed E-state index contributed by atoms with van der Waals surface area (Å²) in [4.78, 5) is 18.0. The van der Waals surface area contributed by atoms with E-state index < -0.39 is 0 Å². The number of anilines is 1. The lowest BCUT2D eigenvalue weighted by Crippen LogP contribution is -2.46. The van der Waals surface area contributed by atoms with Crippen molar-refractivity contribution in [1.29, 1.82) is 0 Å². The predicted octanol–water partition coefficient (Wildman–Crippen LogP) is 2.66. The zero-order valence-electron chi connectivity index (χ0n) is 16.4. The molecule has 0 radical (unpaired) electrons. The average molecular weight is 473 g/mol. The lowest BCUT2D eigenvalue weighted by Gasteiger charge is -2.22. The van der Waals surface area contributed by atoms with E-state index in [1.54, 1.807) is 7.05 Å². The molecule has 0 bridgehead atoms. The third kappa shape index (κ3) is 6.75. The van der Waals surface area contributed by atoms with E-state index in [1.165, 1.54) is 6.92 Å². The zero-order chi connectivity index (χ0) is 18.4. The van der Waals surface area contributed by atoms with Crippen LogP contribution in [0.4, 0.5) is 5.69 Å². The molecule has 1 aromatic carbocycles. The van der Waals surface area contributed by atoms with Gasteiger partial charge in [-0.2, -0.15) is 0 Å². The van der Waals surface area contributed by atoms with Crippen LogP contribution in [0.1, 0.15) is 33.3 Å². The number of carbonyl (C=O) groups is 1. The molecule has 146 valence electrons. The number of guanidine groups is 1. The van der Waals surface area contributed by atoms with Crippen molar-refractivity contribution in [3.63, 3.8) is 0 Å². The van der Waals surface area contributed by atoms with Crippen LogP contribution in [0.3, 0.4) is 0 Å². The van der Waals surface area contributed by atoms with Gasteiger partial charge in [0.2, 0.25) is 5.91 Å². The van der Waals surface area contributed by atoms with E-state index in [4.69, 9.17) is 0 Å². The largest absolute Gasteiger partial charge is 0.352 e. The highest BCUT2D eigenvalue weighted by Crippen LogP contribution is 2.18. The number of likely N-dealkylation sites (tertiary alicyclic amines) is 1. The Morgan fingerprint density at radius 1 is 1.35 bits per heavy atom. The Balaban J connectivity index is 0.00000338. The second-order valence-electron chi connectivity index (χ2n) is 7.08. The quantitative estimate of drug-likeness (QED) is 0.350. The van der Waals surface area contributed by atoms with Crippen molar-refractivity contribution >= 4 is 41.5 Å². The van der Waals surface area contributed by atoms with Crippen LogP contribution in [0.15, 0.2) is 29.3 Å². The van der Waals surface area contributed by atoms with Crippen molar-refractivity contribution in [2.24, 2.45) is 10.9 Å². The van der Waals surface area contributed by atoms with Gasteiger partial charge in [0.25, 0.3) is 0 Å². The standard InChI is InChI=1S/C19H31N5O.HI/c1-13(2)24-11-14(3)18(12-24)23-19(20-5)21-10-16-7-6-8-17(9-16)22-15(4)25;/h6-9,13-14,18H,10-12H2,1-5H3,(H,22,25)(H2,20,21,23);1H. The summed E-state index contributed by atoms with van der Waals surface area (Å²) in [5.74, 6) is 1.34. The SMILES string of the molecule is CN=C(NCc1cccc(NC(C)=O)c1)NC1CN(C(C)C)CC1C.I. The van der Waals surface area contributed by atoms with Crippen LogP contribution in [0.2, 0.25) is 0 Å². The van der Waals surface area contributed by atoms with Gasteiger partial charge in [0.1, 0.15) is 0 Å². The molecule has 2 rings (SSSR count). The Kier molecular flexibility index (Phi) is 9.35. The fourth-order valence-electron chi connectivity index (χ4n) is 3.13. The van der Waals surface area contributed by atoms with Gasteiger partial charge in [-0.25, -0.2) is 0 Å². The minimum atomic E-state index is -0.0625. The van der Waals surface area contributed by atoms with Crippen LogP contribution in [0.25, 0.3) is 0 Å². The van der Waals surface area contributed by atoms with Crippen molar-refractivity contribution in [2.45, 2.75) is 46.3 Å². The van der Waals surface area contributed by atoms with Crippen LogP contribution >= 0.6 is 24.0 Å². The average Bonchev–Trinajstić information content (AvgIpc) is 2.92. The Labute approximate surface area is 174 Å². The molecule has 1 aromatic rings. The van der Waals surface area contributed by atoms with Gasteiger partial charge in [-0.05, 0) is 37.5 Å². The van der Waals surface area contributed by atoms with Crippen molar-refractivity contribution in [2.75, 3.05) is 25.5 Å². The van der Waals surface area contributed by atoms with E-state index >= 15 is 0 Å². The summed E-state index contributed by atoms with van der Waals surface area (Å²) < 4.78 is 0. The first-order valence-electron chi connectivity index (χ1n) is 8.96. The second kappa shape index (κ2) is 10.7. The number of halogens is 1. The Bertz CT molecular complexity index is 620. The number of hydrogen-bond acceptors (Lipinski definition) is 3. The number of nitrogens with one attached hydrogen (secondary N) is 3. The molecule has 1 aliphatic heterocycles. The summed E-state index contributed by atoms with van der Waals surface area (Å²) in [6, 6.07) is 8.81. The fourth-order valence-corrected chi connectivity index (χ4v) is 3.13. The molecular formula is C19H32IN5O. The molecule has 1 saturated heterocycles. The van der Waals surface area contributed by atoms with E-state index in [0.717, 1.165) is 30.3 Å². The maximum absolute atomic E-state index is 11.2. The normalized spacial score (nSPS) is 20.6. The number of carbonyl (C=O) groups excluding carboxylic acids is 1. The minimum Gasteiger partial charge on any atom is -0.352 e. The first-order valence-corrected chi connectivity index (χ1v) is 8.96. The number of hydrogen-bond donors (Lipinski definition) is 3. The van der Waals surface area contributed by atoms with Gasteiger partial charge in [0.05, 0.1) is 0 Å². The fraction of sp³-hybridized carbons (Fsp3) is 0.579. The summed E-state index contributed by atoms with van der Waals surface area (Å²) in [6.45, 7) is 11.1. The molecule has 1 heterocycles. The third-order valence-corrected chi connectivity index (χ3v) is 4.62. The number of nitrogens with zero attached hydrogens (tertiary/aromatic N) is 2. The van der Waals surface area contributed by atoms with Gasteiger partial charge in [-0.1, -0.05) is 19.1 Å². The highest BCUT2D eigenvalue weighted by atomic mass is 127. The Morgan fingerprint density at radius 2 is 2.08 bits per heavy atom. The summed E-state index contributed by atoms with van der Waals surface area (Å²) in [6.07, 6.45) is 0. The Morgan fingerprint density at radius 3 is 2.65 bits per heavy atom. The monoisotopic (exact) mass is 473 g/mol. The van der Waals surface area contributed by atoms with Crippen molar-refractivity contribution in [1.82, 2.24) is 15.5 Å². The maximum atomic E-state index is 11.2. The minimum absolute atomic E-state index is 0. The maximum Gasteiger partial charge on any atom is 0.221 e. The molecular weight excluding hydrogens is 441 g/mol. The molecule has 2 atom stereocenters. The van der Waals surface area contributed by atoms with E-state index in [9.17, 15) is 4.79 Å². The van der Waals surface area contributed by atoms with E-state index in [-0.39, 0.29) is 29.9 Å². The smallest absolute Gasteiger partial charge is 0.221 e. The van der Waals surface area contributed by atoms with Gasteiger partial charge in [-0.15, -0.1) is 24.0 Å². The summed E-state index contributed by atoms with van der Waals surface area (Å²) in [5, 5.41) is 9.72. The van der Waals surface area contributed by atoms with Crippen LogP contribution in [0, 0.1) is 5.92 Å². The summed E-state index contributed by atoms with van der Waals surface area (Å²) in [7, 11) is 1.79. The topological polar surface area (TPSA) is 68.8 Å². The highest BCUT2D eigenvalue weighted by molar-refractivity contribution is 14.0. The van der Waals surface area contributed by atoms with Crippen LogP contribution in [0.5, 0.6) is 0 Å². The lowest BCUT2D eigenvalue weighted by atomic mass is 10.1. The lowest BCUT2D eigenvalue weighted by molar-refractivity contribution is -0.114. The molecule has 0 saturated carbocycles. The van der Waals surface area contributed by atoms with Crippen molar-refractivity contribution < 1.29 is 4.79 Å². The molecule has 3 N–H and O–H groups in total.